The Labute approximate surface area is 108 Å². The fraction of sp³-hybridized carbons (Fsp3) is 0.538. The smallest absolute Gasteiger partial charge is 0.0788 e. The summed E-state index contributed by atoms with van der Waals surface area (Å²) in [4.78, 5) is 7.15. The fourth-order valence-corrected chi connectivity index (χ4v) is 2.40. The molecule has 0 atom stereocenters. The molecule has 1 aromatic heterocycles. The molecule has 17 heavy (non-hydrogen) atoms. The highest BCUT2D eigenvalue weighted by molar-refractivity contribution is 7.80. The molecule has 1 fully saturated rings. The van der Waals surface area contributed by atoms with Crippen LogP contribution in [0.4, 0.5) is 0 Å². The lowest BCUT2D eigenvalue weighted by Crippen LogP contribution is -2.44. The standard InChI is InChI=1S/C13H19N3S/c1-13(12(14)17)4-8-16(9-5-13)10-11-2-6-15-7-3-11/h2-3,6-7H,4-5,8-10H2,1H3,(H2,14,17). The summed E-state index contributed by atoms with van der Waals surface area (Å²) in [5.41, 5.74) is 7.18. The molecule has 3 nitrogen and oxygen atoms in total. The third-order valence-corrected chi connectivity index (χ3v) is 4.20. The van der Waals surface area contributed by atoms with Gasteiger partial charge in [-0.1, -0.05) is 19.1 Å². The number of hydrogen-bond acceptors (Lipinski definition) is 3. The Morgan fingerprint density at radius 2 is 2.00 bits per heavy atom. The van der Waals surface area contributed by atoms with E-state index in [9.17, 15) is 0 Å². The van der Waals surface area contributed by atoms with Gasteiger partial charge < -0.3 is 5.73 Å². The number of hydrogen-bond donors (Lipinski definition) is 1. The van der Waals surface area contributed by atoms with Gasteiger partial charge in [0.2, 0.25) is 0 Å². The van der Waals surface area contributed by atoms with Crippen molar-refractivity contribution in [2.75, 3.05) is 13.1 Å². The minimum absolute atomic E-state index is 0.0596. The second-order valence-electron chi connectivity index (χ2n) is 5.06. The number of likely N-dealkylation sites (tertiary alicyclic amines) is 1. The van der Waals surface area contributed by atoms with Crippen LogP contribution in [0.15, 0.2) is 24.5 Å². The topological polar surface area (TPSA) is 42.1 Å². The summed E-state index contributed by atoms with van der Waals surface area (Å²) in [5.74, 6) is 0. The Hall–Kier alpha value is -1.00. The second-order valence-corrected chi connectivity index (χ2v) is 5.50. The van der Waals surface area contributed by atoms with Gasteiger partial charge in [-0.15, -0.1) is 0 Å². The highest BCUT2D eigenvalue weighted by atomic mass is 32.1. The molecule has 1 aromatic rings. The molecule has 2 rings (SSSR count). The summed E-state index contributed by atoms with van der Waals surface area (Å²) in [6, 6.07) is 4.14. The van der Waals surface area contributed by atoms with E-state index in [2.05, 4.69) is 28.9 Å². The van der Waals surface area contributed by atoms with Crippen molar-refractivity contribution < 1.29 is 0 Å². The summed E-state index contributed by atoms with van der Waals surface area (Å²) < 4.78 is 0. The molecule has 0 amide bonds. The van der Waals surface area contributed by atoms with Crippen molar-refractivity contribution in [1.29, 1.82) is 0 Å². The molecule has 2 heterocycles. The van der Waals surface area contributed by atoms with Crippen molar-refractivity contribution in [3.05, 3.63) is 30.1 Å². The van der Waals surface area contributed by atoms with Gasteiger partial charge in [-0.2, -0.15) is 0 Å². The van der Waals surface area contributed by atoms with Gasteiger partial charge in [-0.05, 0) is 43.6 Å². The summed E-state index contributed by atoms with van der Waals surface area (Å²) in [7, 11) is 0. The third kappa shape index (κ3) is 3.01. The maximum atomic E-state index is 5.80. The van der Waals surface area contributed by atoms with Crippen LogP contribution in [0, 0.1) is 5.41 Å². The number of thiocarbonyl (C=S) groups is 1. The lowest BCUT2D eigenvalue weighted by molar-refractivity contribution is 0.158. The zero-order chi connectivity index (χ0) is 12.3. The average Bonchev–Trinajstić information content (AvgIpc) is 2.33. The zero-order valence-corrected chi connectivity index (χ0v) is 11.0. The molecule has 92 valence electrons. The van der Waals surface area contributed by atoms with E-state index in [1.807, 2.05) is 12.4 Å². The molecular formula is C13H19N3S. The predicted octanol–water partition coefficient (Wildman–Crippen LogP) is 1.97. The molecule has 0 unspecified atom stereocenters. The Morgan fingerprint density at radius 3 is 2.53 bits per heavy atom. The Bertz CT molecular complexity index is 383. The van der Waals surface area contributed by atoms with Crippen molar-refractivity contribution in [2.24, 2.45) is 11.1 Å². The molecule has 1 saturated heterocycles. The molecule has 0 bridgehead atoms. The van der Waals surface area contributed by atoms with Gasteiger partial charge in [0.25, 0.3) is 0 Å². The van der Waals surface area contributed by atoms with Crippen molar-refractivity contribution >= 4 is 17.2 Å². The summed E-state index contributed by atoms with van der Waals surface area (Å²) in [5, 5.41) is 0. The number of aromatic nitrogens is 1. The predicted molar refractivity (Wildman–Crippen MR) is 73.6 cm³/mol. The highest BCUT2D eigenvalue weighted by Gasteiger charge is 2.32. The zero-order valence-electron chi connectivity index (χ0n) is 10.2. The summed E-state index contributed by atoms with van der Waals surface area (Å²) >= 11 is 5.15. The first-order valence-electron chi connectivity index (χ1n) is 6.01. The second kappa shape index (κ2) is 5.10. The molecule has 0 radical (unpaired) electrons. The minimum atomic E-state index is 0.0596. The van der Waals surface area contributed by atoms with Crippen molar-refractivity contribution in [3.63, 3.8) is 0 Å². The highest BCUT2D eigenvalue weighted by Crippen LogP contribution is 2.31. The Morgan fingerprint density at radius 1 is 1.41 bits per heavy atom. The summed E-state index contributed by atoms with van der Waals surface area (Å²) in [6.45, 7) is 5.31. The summed E-state index contributed by atoms with van der Waals surface area (Å²) in [6.07, 6.45) is 5.82. The molecule has 2 N–H and O–H groups in total. The van der Waals surface area contributed by atoms with Gasteiger partial charge in [0, 0.05) is 24.4 Å². The van der Waals surface area contributed by atoms with Crippen LogP contribution in [0.25, 0.3) is 0 Å². The minimum Gasteiger partial charge on any atom is -0.393 e. The number of pyridine rings is 1. The van der Waals surface area contributed by atoms with Crippen LogP contribution < -0.4 is 5.73 Å². The molecule has 0 aliphatic carbocycles. The van der Waals surface area contributed by atoms with Gasteiger partial charge in [-0.3, -0.25) is 9.88 Å². The lowest BCUT2D eigenvalue weighted by atomic mass is 9.80. The van der Waals surface area contributed by atoms with Crippen molar-refractivity contribution in [1.82, 2.24) is 9.88 Å². The normalized spacial score (nSPS) is 20.1. The third-order valence-electron chi connectivity index (χ3n) is 3.71. The molecule has 1 aliphatic heterocycles. The molecule has 0 aromatic carbocycles. The number of piperidine rings is 1. The molecular weight excluding hydrogens is 230 g/mol. The first-order chi connectivity index (χ1) is 8.10. The van der Waals surface area contributed by atoms with Crippen LogP contribution >= 0.6 is 12.2 Å². The fourth-order valence-electron chi connectivity index (χ4n) is 2.20. The van der Waals surface area contributed by atoms with Crippen LogP contribution in [0.2, 0.25) is 0 Å². The molecule has 0 spiro atoms. The van der Waals surface area contributed by atoms with Crippen LogP contribution in [0.3, 0.4) is 0 Å². The molecule has 4 heteroatoms. The van der Waals surface area contributed by atoms with Crippen LogP contribution in [0.1, 0.15) is 25.3 Å². The van der Waals surface area contributed by atoms with Crippen LogP contribution in [0.5, 0.6) is 0 Å². The number of rotatable bonds is 3. The average molecular weight is 249 g/mol. The van der Waals surface area contributed by atoms with E-state index in [4.69, 9.17) is 18.0 Å². The van der Waals surface area contributed by atoms with Crippen LogP contribution in [-0.2, 0) is 6.54 Å². The van der Waals surface area contributed by atoms with E-state index >= 15 is 0 Å². The van der Waals surface area contributed by atoms with E-state index in [0.29, 0.717) is 4.99 Å². The Kier molecular flexibility index (Phi) is 3.74. The van der Waals surface area contributed by atoms with Crippen molar-refractivity contribution in [3.8, 4) is 0 Å². The van der Waals surface area contributed by atoms with Gasteiger partial charge in [0.05, 0.1) is 4.99 Å². The van der Waals surface area contributed by atoms with E-state index in [-0.39, 0.29) is 5.41 Å². The van der Waals surface area contributed by atoms with Gasteiger partial charge in [0.1, 0.15) is 0 Å². The van der Waals surface area contributed by atoms with E-state index in [1.54, 1.807) is 0 Å². The maximum Gasteiger partial charge on any atom is 0.0788 e. The van der Waals surface area contributed by atoms with Gasteiger partial charge in [-0.25, -0.2) is 0 Å². The van der Waals surface area contributed by atoms with Crippen LogP contribution in [-0.4, -0.2) is 28.0 Å². The lowest BCUT2D eigenvalue weighted by Gasteiger charge is -2.38. The van der Waals surface area contributed by atoms with Gasteiger partial charge >= 0.3 is 0 Å². The number of nitrogens with two attached hydrogens (primary N) is 1. The van der Waals surface area contributed by atoms with Gasteiger partial charge in [0.15, 0.2) is 0 Å². The monoisotopic (exact) mass is 249 g/mol. The van der Waals surface area contributed by atoms with E-state index in [1.165, 1.54) is 5.56 Å². The van der Waals surface area contributed by atoms with Crippen molar-refractivity contribution in [2.45, 2.75) is 26.3 Å². The van der Waals surface area contributed by atoms with E-state index < -0.39 is 0 Å². The largest absolute Gasteiger partial charge is 0.393 e. The SMILES string of the molecule is CC1(C(N)=S)CCN(Cc2ccncc2)CC1. The maximum absolute atomic E-state index is 5.80. The first-order valence-corrected chi connectivity index (χ1v) is 6.42. The Balaban J connectivity index is 1.90. The first kappa shape index (κ1) is 12.5. The quantitative estimate of drug-likeness (QED) is 0.832. The number of nitrogens with zero attached hydrogens (tertiary/aromatic N) is 2. The van der Waals surface area contributed by atoms with E-state index in [0.717, 1.165) is 32.5 Å². The molecule has 1 aliphatic rings. The molecule has 0 saturated carbocycles.